The summed E-state index contributed by atoms with van der Waals surface area (Å²) in [5, 5.41) is 17.5. The molecule has 1 aromatic carbocycles. The molecule has 8 nitrogen and oxygen atoms in total. The van der Waals surface area contributed by atoms with Gasteiger partial charge in [0.2, 0.25) is 17.5 Å². The van der Waals surface area contributed by atoms with Gasteiger partial charge in [-0.2, -0.15) is 4.98 Å². The Hall–Kier alpha value is -2.58. The van der Waals surface area contributed by atoms with Crippen molar-refractivity contribution in [3.8, 4) is 28.6 Å². The molecule has 0 bridgehead atoms. The first-order valence-corrected chi connectivity index (χ1v) is 9.61. The smallest absolute Gasteiger partial charge is 0.244 e. The maximum Gasteiger partial charge on any atom is 0.244 e. The Labute approximate surface area is 171 Å². The molecule has 0 aliphatic carbocycles. The number of nitrogens with one attached hydrogen (secondary N) is 1. The first kappa shape index (κ1) is 22.7. The Bertz CT molecular complexity index is 765. The number of aliphatic hydroxyl groups excluding tert-OH is 1. The summed E-state index contributed by atoms with van der Waals surface area (Å²) in [5.74, 6) is 2.58. The van der Waals surface area contributed by atoms with E-state index in [9.17, 15) is 5.11 Å². The number of rotatable bonds is 12. The van der Waals surface area contributed by atoms with Gasteiger partial charge in [0.1, 0.15) is 0 Å². The molecule has 0 unspecified atom stereocenters. The van der Waals surface area contributed by atoms with Crippen molar-refractivity contribution in [2.24, 2.45) is 5.92 Å². The van der Waals surface area contributed by atoms with Crippen molar-refractivity contribution in [3.63, 3.8) is 0 Å². The van der Waals surface area contributed by atoms with Crippen LogP contribution < -0.4 is 19.5 Å². The molecular formula is C21H31N3O5. The van der Waals surface area contributed by atoms with Crippen molar-refractivity contribution in [3.05, 3.63) is 30.7 Å². The molecule has 2 rings (SSSR count). The number of methoxy groups -OCH3 is 3. The van der Waals surface area contributed by atoms with Crippen LogP contribution in [0.3, 0.4) is 0 Å². The third-order valence-corrected chi connectivity index (χ3v) is 4.57. The first-order valence-electron chi connectivity index (χ1n) is 9.61. The lowest BCUT2D eigenvalue weighted by Crippen LogP contribution is -2.33. The number of aliphatic hydroxyl groups is 1. The molecule has 8 heteroatoms. The average Bonchev–Trinajstić information content (AvgIpc) is 3.20. The van der Waals surface area contributed by atoms with E-state index in [0.29, 0.717) is 47.5 Å². The van der Waals surface area contributed by atoms with Crippen LogP contribution in [0.2, 0.25) is 0 Å². The second-order valence-electron chi connectivity index (χ2n) is 7.02. The fourth-order valence-corrected chi connectivity index (χ4v) is 2.97. The number of hydrogen-bond acceptors (Lipinski definition) is 8. The topological polar surface area (TPSA) is 98.9 Å². The second-order valence-corrected chi connectivity index (χ2v) is 7.02. The standard InChI is InChI=1S/C21H31N3O5/c1-7-8-9-15(25)12-22-18(13(2)3)21-23-20(24-29-21)14-10-16(26-4)19(28-6)17(11-14)27-5/h7,10-11,13,15,18,22,25H,1,8-9,12H2,2-6H3/t15-,18+/m1/s1. The third kappa shape index (κ3) is 5.71. The SMILES string of the molecule is C=CCC[C@@H](O)CN[C@H](c1nc(-c2cc(OC)c(OC)c(OC)c2)no1)C(C)C. The minimum atomic E-state index is -0.466. The summed E-state index contributed by atoms with van der Waals surface area (Å²) < 4.78 is 21.7. The molecule has 29 heavy (non-hydrogen) atoms. The summed E-state index contributed by atoms with van der Waals surface area (Å²) in [5.41, 5.74) is 0.683. The van der Waals surface area contributed by atoms with E-state index in [0.717, 1.165) is 6.42 Å². The summed E-state index contributed by atoms with van der Waals surface area (Å²) in [4.78, 5) is 4.56. The lowest BCUT2D eigenvalue weighted by atomic mass is 10.0. The summed E-state index contributed by atoms with van der Waals surface area (Å²) >= 11 is 0. The van der Waals surface area contributed by atoms with Gasteiger partial charge in [-0.25, -0.2) is 0 Å². The zero-order valence-electron chi connectivity index (χ0n) is 17.8. The van der Waals surface area contributed by atoms with E-state index >= 15 is 0 Å². The maximum absolute atomic E-state index is 10.1. The van der Waals surface area contributed by atoms with Crippen LogP contribution in [0.25, 0.3) is 11.4 Å². The fourth-order valence-electron chi connectivity index (χ4n) is 2.97. The van der Waals surface area contributed by atoms with Crippen molar-refractivity contribution in [2.45, 2.75) is 38.8 Å². The Morgan fingerprint density at radius 3 is 2.34 bits per heavy atom. The molecule has 0 aliphatic rings. The highest BCUT2D eigenvalue weighted by atomic mass is 16.5. The zero-order chi connectivity index (χ0) is 21.4. The Morgan fingerprint density at radius 2 is 1.83 bits per heavy atom. The van der Waals surface area contributed by atoms with E-state index in [1.54, 1.807) is 39.5 Å². The molecule has 0 spiro atoms. The van der Waals surface area contributed by atoms with Gasteiger partial charge in [0.15, 0.2) is 11.5 Å². The number of ether oxygens (including phenoxy) is 3. The van der Waals surface area contributed by atoms with Crippen LogP contribution in [-0.4, -0.2) is 49.2 Å². The summed E-state index contributed by atoms with van der Waals surface area (Å²) in [7, 11) is 4.66. The highest BCUT2D eigenvalue weighted by Crippen LogP contribution is 2.40. The molecule has 1 aromatic heterocycles. The van der Waals surface area contributed by atoms with Gasteiger partial charge >= 0.3 is 0 Å². The molecule has 0 fully saturated rings. The molecule has 2 atom stereocenters. The summed E-state index contributed by atoms with van der Waals surface area (Å²) in [6, 6.07) is 3.36. The van der Waals surface area contributed by atoms with E-state index in [2.05, 4.69) is 35.9 Å². The number of aromatic nitrogens is 2. The normalized spacial score (nSPS) is 13.2. The number of nitrogens with zero attached hydrogens (tertiary/aromatic N) is 2. The third-order valence-electron chi connectivity index (χ3n) is 4.57. The molecule has 160 valence electrons. The lowest BCUT2D eigenvalue weighted by molar-refractivity contribution is 0.150. The van der Waals surface area contributed by atoms with Crippen LogP contribution in [0, 0.1) is 5.92 Å². The molecular weight excluding hydrogens is 374 g/mol. The van der Waals surface area contributed by atoms with E-state index in [4.69, 9.17) is 18.7 Å². The van der Waals surface area contributed by atoms with Crippen molar-refractivity contribution < 1.29 is 23.8 Å². The predicted octanol–water partition coefficient (Wildman–Crippen LogP) is 3.38. The van der Waals surface area contributed by atoms with Crippen molar-refractivity contribution in [1.29, 1.82) is 0 Å². The van der Waals surface area contributed by atoms with Crippen molar-refractivity contribution in [2.75, 3.05) is 27.9 Å². The summed E-state index contributed by atoms with van der Waals surface area (Å²) in [6.07, 6.45) is 2.75. The highest BCUT2D eigenvalue weighted by molar-refractivity contribution is 5.66. The first-order chi connectivity index (χ1) is 13.9. The lowest BCUT2D eigenvalue weighted by Gasteiger charge is -2.20. The maximum atomic E-state index is 10.1. The van der Waals surface area contributed by atoms with Gasteiger partial charge in [-0.05, 0) is 30.9 Å². The number of benzene rings is 1. The largest absolute Gasteiger partial charge is 0.493 e. The Morgan fingerprint density at radius 1 is 1.17 bits per heavy atom. The number of hydrogen-bond donors (Lipinski definition) is 2. The van der Waals surface area contributed by atoms with E-state index < -0.39 is 6.10 Å². The molecule has 1 heterocycles. The molecule has 0 aliphatic heterocycles. The fraction of sp³-hybridized carbons (Fsp3) is 0.524. The highest BCUT2D eigenvalue weighted by Gasteiger charge is 2.24. The van der Waals surface area contributed by atoms with Crippen LogP contribution >= 0.6 is 0 Å². The molecule has 0 saturated carbocycles. The monoisotopic (exact) mass is 405 g/mol. The quantitative estimate of drug-likeness (QED) is 0.519. The van der Waals surface area contributed by atoms with Gasteiger partial charge < -0.3 is 29.2 Å². The molecule has 0 radical (unpaired) electrons. The van der Waals surface area contributed by atoms with Crippen LogP contribution in [0.15, 0.2) is 29.3 Å². The van der Waals surface area contributed by atoms with Gasteiger partial charge in [0.25, 0.3) is 0 Å². The average molecular weight is 405 g/mol. The van der Waals surface area contributed by atoms with E-state index in [-0.39, 0.29) is 12.0 Å². The van der Waals surface area contributed by atoms with Crippen LogP contribution in [0.5, 0.6) is 17.2 Å². The number of allylic oxidation sites excluding steroid dienone is 1. The van der Waals surface area contributed by atoms with Crippen LogP contribution in [0.1, 0.15) is 38.6 Å². The van der Waals surface area contributed by atoms with Crippen molar-refractivity contribution in [1.82, 2.24) is 15.5 Å². The summed E-state index contributed by atoms with van der Waals surface area (Å²) in [6.45, 7) is 8.21. The van der Waals surface area contributed by atoms with Gasteiger partial charge in [-0.15, -0.1) is 6.58 Å². The zero-order valence-corrected chi connectivity index (χ0v) is 17.8. The molecule has 2 aromatic rings. The van der Waals surface area contributed by atoms with Gasteiger partial charge in [0.05, 0.1) is 33.5 Å². The minimum absolute atomic E-state index is 0.184. The molecule has 2 N–H and O–H groups in total. The predicted molar refractivity (Wildman–Crippen MR) is 110 cm³/mol. The Kier molecular flexibility index (Phi) is 8.48. The van der Waals surface area contributed by atoms with Crippen molar-refractivity contribution >= 4 is 0 Å². The van der Waals surface area contributed by atoms with Crippen LogP contribution in [-0.2, 0) is 0 Å². The molecule has 0 amide bonds. The van der Waals surface area contributed by atoms with Crippen LogP contribution in [0.4, 0.5) is 0 Å². The minimum Gasteiger partial charge on any atom is -0.493 e. The van der Waals surface area contributed by atoms with E-state index in [1.165, 1.54) is 0 Å². The molecule has 0 saturated heterocycles. The van der Waals surface area contributed by atoms with Gasteiger partial charge in [0, 0.05) is 12.1 Å². The van der Waals surface area contributed by atoms with E-state index in [1.807, 2.05) is 0 Å². The van der Waals surface area contributed by atoms with Gasteiger partial charge in [-0.3, -0.25) is 0 Å². The Balaban J connectivity index is 2.24. The second kappa shape index (κ2) is 10.8. The van der Waals surface area contributed by atoms with Gasteiger partial charge in [-0.1, -0.05) is 25.1 Å².